The van der Waals surface area contributed by atoms with Gasteiger partial charge in [-0.2, -0.15) is 11.8 Å². The first-order valence-corrected chi connectivity index (χ1v) is 13.2. The Hall–Kier alpha value is -3.65. The second-order valence-corrected chi connectivity index (χ2v) is 9.45. The predicted octanol–water partition coefficient (Wildman–Crippen LogP) is -0.422. The fraction of sp³-hybridized carbons (Fsp3) is 0.500. The Kier molecular flexibility index (Phi) is 14.5. The molecule has 0 aliphatic rings. The first kappa shape index (κ1) is 32.4. The number of carbonyl (C=O) groups excluding carboxylic acids is 3. The third-order valence-electron chi connectivity index (χ3n) is 5.43. The van der Waals surface area contributed by atoms with Crippen LogP contribution in [0.3, 0.4) is 0 Å². The summed E-state index contributed by atoms with van der Waals surface area (Å²) in [5, 5.41) is 34.5. The molecular weight excluding hydrogens is 520 g/mol. The van der Waals surface area contributed by atoms with Crippen molar-refractivity contribution in [1.82, 2.24) is 16.0 Å². The van der Waals surface area contributed by atoms with Gasteiger partial charge in [0.2, 0.25) is 17.7 Å². The van der Waals surface area contributed by atoms with Gasteiger partial charge in [-0.1, -0.05) is 30.3 Å². The molecule has 0 fully saturated rings. The number of nitrogens with two attached hydrogens (primary N) is 1. The maximum absolute atomic E-state index is 13.2. The number of carboxylic acids is 3. The van der Waals surface area contributed by atoms with Gasteiger partial charge in [-0.05, 0) is 36.8 Å². The van der Waals surface area contributed by atoms with E-state index in [9.17, 15) is 33.9 Å². The van der Waals surface area contributed by atoms with E-state index in [0.717, 1.165) is 0 Å². The minimum Gasteiger partial charge on any atom is -0.481 e. The molecule has 3 amide bonds. The summed E-state index contributed by atoms with van der Waals surface area (Å²) in [4.78, 5) is 72.2. The van der Waals surface area contributed by atoms with Gasteiger partial charge < -0.3 is 37.0 Å². The number of thioether (sulfide) groups is 1. The van der Waals surface area contributed by atoms with Crippen LogP contribution >= 0.6 is 11.8 Å². The van der Waals surface area contributed by atoms with E-state index < -0.39 is 66.2 Å². The zero-order chi connectivity index (χ0) is 28.7. The highest BCUT2D eigenvalue weighted by Gasteiger charge is 2.30. The highest BCUT2D eigenvalue weighted by Crippen LogP contribution is 2.08. The fourth-order valence-corrected chi connectivity index (χ4v) is 3.79. The molecule has 0 radical (unpaired) electrons. The molecule has 0 spiro atoms. The topological polar surface area (TPSA) is 225 Å². The molecule has 0 aliphatic carbocycles. The summed E-state index contributed by atoms with van der Waals surface area (Å²) in [6.07, 6.45) is 0.527. The number of amides is 3. The molecule has 0 saturated carbocycles. The van der Waals surface area contributed by atoms with E-state index in [1.54, 1.807) is 36.6 Å². The number of carboxylic acid groups (broad SMARTS) is 3. The van der Waals surface area contributed by atoms with E-state index in [1.807, 2.05) is 0 Å². The largest absolute Gasteiger partial charge is 0.481 e. The minimum atomic E-state index is -1.40. The van der Waals surface area contributed by atoms with Crippen molar-refractivity contribution in [3.05, 3.63) is 35.9 Å². The fourth-order valence-electron chi connectivity index (χ4n) is 3.32. The molecule has 4 unspecified atom stereocenters. The van der Waals surface area contributed by atoms with Gasteiger partial charge in [0.25, 0.3) is 0 Å². The van der Waals surface area contributed by atoms with Crippen LogP contribution in [0.5, 0.6) is 0 Å². The molecule has 1 aromatic carbocycles. The molecule has 0 heterocycles. The molecule has 1 rings (SSSR count). The summed E-state index contributed by atoms with van der Waals surface area (Å²) in [5.74, 6) is -5.69. The van der Waals surface area contributed by atoms with Crippen LogP contribution in [0.4, 0.5) is 0 Å². The molecule has 0 aliphatic heterocycles. The zero-order valence-corrected chi connectivity index (χ0v) is 21.7. The molecule has 210 valence electrons. The van der Waals surface area contributed by atoms with E-state index >= 15 is 0 Å². The molecular formula is C24H34N4O9S. The van der Waals surface area contributed by atoms with Crippen LogP contribution in [0.1, 0.15) is 37.7 Å². The van der Waals surface area contributed by atoms with Gasteiger partial charge in [-0.3, -0.25) is 24.0 Å². The molecule has 38 heavy (non-hydrogen) atoms. The van der Waals surface area contributed by atoms with E-state index in [1.165, 1.54) is 11.8 Å². The Morgan fingerprint density at radius 3 is 1.84 bits per heavy atom. The highest BCUT2D eigenvalue weighted by molar-refractivity contribution is 7.98. The van der Waals surface area contributed by atoms with Gasteiger partial charge in [-0.15, -0.1) is 0 Å². The molecule has 4 atom stereocenters. The van der Waals surface area contributed by atoms with Gasteiger partial charge in [0.1, 0.15) is 18.1 Å². The summed E-state index contributed by atoms with van der Waals surface area (Å²) in [6, 6.07) is 3.49. The van der Waals surface area contributed by atoms with Crippen LogP contribution in [0.2, 0.25) is 0 Å². The van der Waals surface area contributed by atoms with Gasteiger partial charge in [0.05, 0.1) is 6.04 Å². The third kappa shape index (κ3) is 12.5. The van der Waals surface area contributed by atoms with Crippen molar-refractivity contribution in [2.75, 3.05) is 12.0 Å². The number of nitrogens with one attached hydrogen (secondary N) is 3. The van der Waals surface area contributed by atoms with Crippen LogP contribution in [-0.2, 0) is 35.2 Å². The van der Waals surface area contributed by atoms with Crippen molar-refractivity contribution in [2.24, 2.45) is 5.73 Å². The molecule has 0 saturated heterocycles. The van der Waals surface area contributed by atoms with E-state index in [-0.39, 0.29) is 32.1 Å². The van der Waals surface area contributed by atoms with Crippen LogP contribution in [0, 0.1) is 0 Å². The second-order valence-electron chi connectivity index (χ2n) is 8.46. The Bertz CT molecular complexity index is 977. The Morgan fingerprint density at radius 2 is 1.29 bits per heavy atom. The smallest absolute Gasteiger partial charge is 0.326 e. The van der Waals surface area contributed by atoms with Gasteiger partial charge in [0, 0.05) is 19.3 Å². The van der Waals surface area contributed by atoms with Crippen molar-refractivity contribution in [2.45, 2.75) is 62.7 Å². The monoisotopic (exact) mass is 554 g/mol. The lowest BCUT2D eigenvalue weighted by atomic mass is 10.0. The summed E-state index contributed by atoms with van der Waals surface area (Å²) in [6.45, 7) is 0. The third-order valence-corrected chi connectivity index (χ3v) is 6.07. The average Bonchev–Trinajstić information content (AvgIpc) is 2.86. The van der Waals surface area contributed by atoms with Crippen molar-refractivity contribution in [3.63, 3.8) is 0 Å². The molecule has 0 aromatic heterocycles. The van der Waals surface area contributed by atoms with Crippen LogP contribution in [0.15, 0.2) is 30.3 Å². The Balaban J connectivity index is 3.10. The van der Waals surface area contributed by atoms with Gasteiger partial charge in [-0.25, -0.2) is 4.79 Å². The first-order chi connectivity index (χ1) is 17.9. The summed E-state index contributed by atoms with van der Waals surface area (Å²) < 4.78 is 0. The van der Waals surface area contributed by atoms with Crippen LogP contribution in [0.25, 0.3) is 0 Å². The number of benzene rings is 1. The number of rotatable bonds is 18. The first-order valence-electron chi connectivity index (χ1n) is 11.8. The normalized spacial score (nSPS) is 13.8. The average molecular weight is 555 g/mol. The highest BCUT2D eigenvalue weighted by atomic mass is 32.2. The summed E-state index contributed by atoms with van der Waals surface area (Å²) >= 11 is 1.38. The number of carbonyl (C=O) groups is 6. The Morgan fingerprint density at radius 1 is 0.763 bits per heavy atom. The predicted molar refractivity (Wildman–Crippen MR) is 138 cm³/mol. The van der Waals surface area contributed by atoms with E-state index in [2.05, 4.69) is 16.0 Å². The van der Waals surface area contributed by atoms with E-state index in [4.69, 9.17) is 15.9 Å². The molecule has 8 N–H and O–H groups in total. The standard InChI is InChI=1S/C24H34N4O9S/c1-38-12-11-17(24(36)37)27-22(34)16(8-10-20(31)32)26-23(35)18(13-14-5-3-2-4-6-14)28-21(33)15(25)7-9-19(29)30/h2-6,15-18H,7-13,25H2,1H3,(H,26,35)(H,27,34)(H,28,33)(H,29,30)(H,31,32)(H,36,37). The summed E-state index contributed by atoms with van der Waals surface area (Å²) in [7, 11) is 0. The van der Waals surface area contributed by atoms with Crippen LogP contribution in [-0.4, -0.2) is 87.1 Å². The van der Waals surface area contributed by atoms with Crippen LogP contribution < -0.4 is 21.7 Å². The molecule has 14 heteroatoms. The van der Waals surface area contributed by atoms with Crippen molar-refractivity contribution < 1.29 is 44.1 Å². The zero-order valence-electron chi connectivity index (χ0n) is 20.9. The summed E-state index contributed by atoms with van der Waals surface area (Å²) in [5.41, 5.74) is 6.42. The number of hydrogen-bond acceptors (Lipinski definition) is 8. The minimum absolute atomic E-state index is 0.0111. The lowest BCUT2D eigenvalue weighted by molar-refractivity contribution is -0.143. The maximum Gasteiger partial charge on any atom is 0.326 e. The van der Waals surface area contributed by atoms with Crippen molar-refractivity contribution >= 4 is 47.4 Å². The molecule has 13 nitrogen and oxygen atoms in total. The molecule has 0 bridgehead atoms. The van der Waals surface area contributed by atoms with Crippen molar-refractivity contribution in [3.8, 4) is 0 Å². The van der Waals surface area contributed by atoms with Gasteiger partial charge >= 0.3 is 17.9 Å². The van der Waals surface area contributed by atoms with Crippen molar-refractivity contribution in [1.29, 1.82) is 0 Å². The maximum atomic E-state index is 13.2. The SMILES string of the molecule is CSCCC(NC(=O)C(CCC(=O)O)NC(=O)C(Cc1ccccc1)NC(=O)C(N)CCC(=O)O)C(=O)O. The second kappa shape index (κ2) is 17.0. The molecule has 1 aromatic rings. The van der Waals surface area contributed by atoms with E-state index in [0.29, 0.717) is 11.3 Å². The lowest BCUT2D eigenvalue weighted by Crippen LogP contribution is -2.57. The number of hydrogen-bond donors (Lipinski definition) is 7. The Labute approximate surface area is 223 Å². The van der Waals surface area contributed by atoms with Gasteiger partial charge in [0.15, 0.2) is 0 Å². The lowest BCUT2D eigenvalue weighted by Gasteiger charge is -2.25. The quantitative estimate of drug-likeness (QED) is 0.123. The number of aliphatic carboxylic acids is 3.